The fourth-order valence-electron chi connectivity index (χ4n) is 2.82. The molecule has 0 saturated heterocycles. The lowest BCUT2D eigenvalue weighted by molar-refractivity contribution is 0.102. The average Bonchev–Trinajstić information content (AvgIpc) is 2.93. The molecule has 0 unspecified atom stereocenters. The van der Waals surface area contributed by atoms with Gasteiger partial charge in [0, 0.05) is 7.05 Å². The number of rotatable bonds is 3. The standard InChI is InChI=1S/C20H20ClN3O/c1-12-5-7-15(8-6-12)18-11-17(23-24(18)4)20(25)22-19-14(3)9-13(2)10-16(19)21/h5-11H,1-4H3,(H,22,25). The molecule has 128 valence electrons. The molecule has 0 radical (unpaired) electrons. The minimum atomic E-state index is -0.275. The molecule has 1 aromatic heterocycles. The second-order valence-electron chi connectivity index (χ2n) is 6.30. The van der Waals surface area contributed by atoms with Crippen molar-refractivity contribution in [2.45, 2.75) is 20.8 Å². The molecule has 3 aromatic rings. The number of benzene rings is 2. The number of hydrogen-bond donors (Lipinski definition) is 1. The lowest BCUT2D eigenvalue weighted by Crippen LogP contribution is -2.14. The van der Waals surface area contributed by atoms with Gasteiger partial charge in [-0.25, -0.2) is 0 Å². The Hall–Kier alpha value is -2.59. The molecule has 0 aliphatic heterocycles. The smallest absolute Gasteiger partial charge is 0.276 e. The van der Waals surface area contributed by atoms with Crippen LogP contribution in [0.2, 0.25) is 5.02 Å². The quantitative estimate of drug-likeness (QED) is 0.726. The molecule has 0 aliphatic rings. The van der Waals surface area contributed by atoms with E-state index in [-0.39, 0.29) is 5.91 Å². The Bertz CT molecular complexity index is 919. The number of hydrogen-bond acceptors (Lipinski definition) is 2. The Balaban J connectivity index is 1.89. The summed E-state index contributed by atoms with van der Waals surface area (Å²) >= 11 is 6.27. The Morgan fingerprint density at radius 2 is 1.72 bits per heavy atom. The number of amides is 1. The molecular formula is C20H20ClN3O. The predicted molar refractivity (Wildman–Crippen MR) is 102 cm³/mol. The number of anilines is 1. The second kappa shape index (κ2) is 6.73. The third-order valence-corrected chi connectivity index (χ3v) is 4.43. The number of aryl methyl sites for hydroxylation is 4. The van der Waals surface area contributed by atoms with Crippen LogP contribution in [0.15, 0.2) is 42.5 Å². The van der Waals surface area contributed by atoms with Gasteiger partial charge in [0.15, 0.2) is 5.69 Å². The normalized spacial score (nSPS) is 10.8. The van der Waals surface area contributed by atoms with E-state index in [1.54, 1.807) is 10.7 Å². The summed E-state index contributed by atoms with van der Waals surface area (Å²) < 4.78 is 1.71. The van der Waals surface area contributed by atoms with Crippen LogP contribution in [0, 0.1) is 20.8 Å². The molecule has 0 fully saturated rings. The largest absolute Gasteiger partial charge is 0.319 e. The Labute approximate surface area is 152 Å². The van der Waals surface area contributed by atoms with Crippen molar-refractivity contribution >= 4 is 23.2 Å². The Kier molecular flexibility index (Phi) is 4.64. The van der Waals surface area contributed by atoms with Crippen molar-refractivity contribution in [2.24, 2.45) is 7.05 Å². The van der Waals surface area contributed by atoms with E-state index in [4.69, 9.17) is 11.6 Å². The van der Waals surface area contributed by atoms with E-state index in [1.165, 1.54) is 5.56 Å². The first-order chi connectivity index (χ1) is 11.8. The number of carbonyl (C=O) groups is 1. The van der Waals surface area contributed by atoms with Crippen molar-refractivity contribution in [3.05, 3.63) is 69.9 Å². The average molecular weight is 354 g/mol. The number of halogens is 1. The summed E-state index contributed by atoms with van der Waals surface area (Å²) in [5.41, 5.74) is 6.05. The SMILES string of the molecule is Cc1ccc(-c2cc(C(=O)Nc3c(C)cc(C)cc3Cl)nn2C)cc1. The first-order valence-electron chi connectivity index (χ1n) is 8.04. The van der Waals surface area contributed by atoms with E-state index in [0.29, 0.717) is 16.4 Å². The highest BCUT2D eigenvalue weighted by atomic mass is 35.5. The third-order valence-electron chi connectivity index (χ3n) is 4.13. The molecule has 0 aliphatic carbocycles. The highest BCUT2D eigenvalue weighted by Gasteiger charge is 2.16. The van der Waals surface area contributed by atoms with Gasteiger partial charge in [0.25, 0.3) is 5.91 Å². The van der Waals surface area contributed by atoms with Gasteiger partial charge in [0.1, 0.15) is 0 Å². The highest BCUT2D eigenvalue weighted by Crippen LogP contribution is 2.28. The van der Waals surface area contributed by atoms with Gasteiger partial charge in [-0.15, -0.1) is 0 Å². The topological polar surface area (TPSA) is 46.9 Å². The highest BCUT2D eigenvalue weighted by molar-refractivity contribution is 6.34. The van der Waals surface area contributed by atoms with Gasteiger partial charge < -0.3 is 5.32 Å². The second-order valence-corrected chi connectivity index (χ2v) is 6.70. The van der Waals surface area contributed by atoms with Gasteiger partial charge in [0.2, 0.25) is 0 Å². The maximum atomic E-state index is 12.6. The number of carbonyl (C=O) groups excluding carboxylic acids is 1. The van der Waals surface area contributed by atoms with E-state index >= 15 is 0 Å². The van der Waals surface area contributed by atoms with Crippen LogP contribution in [0.5, 0.6) is 0 Å². The van der Waals surface area contributed by atoms with Crippen LogP contribution in [-0.2, 0) is 7.05 Å². The van der Waals surface area contributed by atoms with Crippen LogP contribution < -0.4 is 5.32 Å². The lowest BCUT2D eigenvalue weighted by Gasteiger charge is -2.10. The first-order valence-corrected chi connectivity index (χ1v) is 8.42. The zero-order chi connectivity index (χ0) is 18.1. The van der Waals surface area contributed by atoms with E-state index < -0.39 is 0 Å². The van der Waals surface area contributed by atoms with E-state index in [0.717, 1.165) is 22.4 Å². The summed E-state index contributed by atoms with van der Waals surface area (Å²) in [6, 6.07) is 13.7. The summed E-state index contributed by atoms with van der Waals surface area (Å²) in [4.78, 5) is 12.6. The number of nitrogens with zero attached hydrogens (tertiary/aromatic N) is 2. The summed E-state index contributed by atoms with van der Waals surface area (Å²) in [6.45, 7) is 5.93. The molecule has 0 atom stereocenters. The van der Waals surface area contributed by atoms with Crippen molar-refractivity contribution in [1.82, 2.24) is 9.78 Å². The lowest BCUT2D eigenvalue weighted by atomic mass is 10.1. The fourth-order valence-corrected chi connectivity index (χ4v) is 3.19. The molecule has 3 rings (SSSR count). The maximum Gasteiger partial charge on any atom is 0.276 e. The van der Waals surface area contributed by atoms with Gasteiger partial charge >= 0.3 is 0 Å². The molecular weight excluding hydrogens is 334 g/mol. The van der Waals surface area contributed by atoms with Gasteiger partial charge in [-0.3, -0.25) is 9.48 Å². The van der Waals surface area contributed by atoms with Crippen molar-refractivity contribution in [2.75, 3.05) is 5.32 Å². The van der Waals surface area contributed by atoms with Crippen LogP contribution in [0.4, 0.5) is 5.69 Å². The Morgan fingerprint density at radius 1 is 1.04 bits per heavy atom. The molecule has 25 heavy (non-hydrogen) atoms. The monoisotopic (exact) mass is 353 g/mol. The molecule has 2 aromatic carbocycles. The molecule has 0 spiro atoms. The number of nitrogens with one attached hydrogen (secondary N) is 1. The minimum absolute atomic E-state index is 0.275. The van der Waals surface area contributed by atoms with Gasteiger partial charge in [-0.05, 0) is 49.6 Å². The molecule has 1 amide bonds. The molecule has 0 bridgehead atoms. The van der Waals surface area contributed by atoms with Crippen LogP contribution in [0.25, 0.3) is 11.3 Å². The van der Waals surface area contributed by atoms with Gasteiger partial charge in [-0.2, -0.15) is 5.10 Å². The van der Waals surface area contributed by atoms with Gasteiger partial charge in [0.05, 0.1) is 16.4 Å². The molecule has 0 saturated carbocycles. The van der Waals surface area contributed by atoms with Crippen LogP contribution in [-0.4, -0.2) is 15.7 Å². The zero-order valence-corrected chi connectivity index (χ0v) is 15.5. The summed E-state index contributed by atoms with van der Waals surface area (Å²) in [5.74, 6) is -0.275. The Morgan fingerprint density at radius 3 is 2.36 bits per heavy atom. The fraction of sp³-hybridized carbons (Fsp3) is 0.200. The van der Waals surface area contributed by atoms with Crippen LogP contribution in [0.1, 0.15) is 27.2 Å². The third kappa shape index (κ3) is 3.59. The number of aromatic nitrogens is 2. The maximum absolute atomic E-state index is 12.6. The van der Waals surface area contributed by atoms with Gasteiger partial charge in [-0.1, -0.05) is 47.5 Å². The van der Waals surface area contributed by atoms with Crippen LogP contribution >= 0.6 is 11.6 Å². The minimum Gasteiger partial charge on any atom is -0.319 e. The predicted octanol–water partition coefficient (Wildman–Crippen LogP) is 4.92. The summed E-state index contributed by atoms with van der Waals surface area (Å²) in [6.07, 6.45) is 0. The van der Waals surface area contributed by atoms with Crippen molar-refractivity contribution in [3.63, 3.8) is 0 Å². The molecule has 1 N–H and O–H groups in total. The van der Waals surface area contributed by atoms with Crippen molar-refractivity contribution < 1.29 is 4.79 Å². The molecule has 5 heteroatoms. The van der Waals surface area contributed by atoms with E-state index in [2.05, 4.69) is 10.4 Å². The molecule has 1 heterocycles. The van der Waals surface area contributed by atoms with Crippen LogP contribution in [0.3, 0.4) is 0 Å². The van der Waals surface area contributed by atoms with E-state index in [1.807, 2.05) is 64.2 Å². The summed E-state index contributed by atoms with van der Waals surface area (Å²) in [5, 5.41) is 7.75. The summed E-state index contributed by atoms with van der Waals surface area (Å²) in [7, 11) is 1.83. The van der Waals surface area contributed by atoms with E-state index in [9.17, 15) is 4.79 Å². The zero-order valence-electron chi connectivity index (χ0n) is 14.7. The van der Waals surface area contributed by atoms with Crippen molar-refractivity contribution in [1.29, 1.82) is 0 Å². The van der Waals surface area contributed by atoms with Crippen molar-refractivity contribution in [3.8, 4) is 11.3 Å². The first kappa shape index (κ1) is 17.2. The molecule has 4 nitrogen and oxygen atoms in total.